The predicted molar refractivity (Wildman–Crippen MR) is 41.8 cm³/mol. The molecule has 0 bridgehead atoms. The Morgan fingerprint density at radius 2 is 1.33 bits per heavy atom. The third-order valence-corrected chi connectivity index (χ3v) is 0.957. The van der Waals surface area contributed by atoms with Gasteiger partial charge < -0.3 is 10.6 Å². The first-order chi connectivity index (χ1) is 4.41. The van der Waals surface area contributed by atoms with Crippen molar-refractivity contribution in [2.24, 2.45) is 0 Å². The first kappa shape index (κ1) is 8.95. The van der Waals surface area contributed by atoms with Gasteiger partial charge in [-0.25, -0.2) is 0 Å². The first-order valence-corrected chi connectivity index (χ1v) is 3.48. The minimum absolute atomic E-state index is 1.14. The lowest BCUT2D eigenvalue weighted by molar-refractivity contribution is 0.534. The van der Waals surface area contributed by atoms with E-state index in [0.717, 1.165) is 26.2 Å². The lowest BCUT2D eigenvalue weighted by Crippen LogP contribution is -2.39. The average molecular weight is 149 g/mol. The van der Waals surface area contributed by atoms with Gasteiger partial charge in [-0.15, -0.1) is 0 Å². The zero-order valence-corrected chi connectivity index (χ0v) is 6.25. The van der Waals surface area contributed by atoms with Crippen molar-refractivity contribution in [2.45, 2.75) is 0 Å². The van der Waals surface area contributed by atoms with Crippen LogP contribution in [0.15, 0.2) is 12.1 Å². The van der Waals surface area contributed by atoms with Crippen molar-refractivity contribution in [1.29, 1.82) is 0 Å². The minimum atomic E-state index is 1.14. The predicted octanol–water partition coefficient (Wildman–Crippen LogP) is 0.548. The van der Waals surface area contributed by atoms with Crippen LogP contribution in [0.1, 0.15) is 0 Å². The van der Waals surface area contributed by atoms with Gasteiger partial charge in [-0.05, 0) is 5.54 Å². The Morgan fingerprint density at radius 1 is 1.11 bits per heavy atom. The van der Waals surface area contributed by atoms with Crippen LogP contribution in [-0.4, -0.2) is 26.2 Å². The Morgan fingerprint density at radius 3 is 1.44 bits per heavy atom. The molecule has 2 nitrogen and oxygen atoms in total. The van der Waals surface area contributed by atoms with E-state index >= 15 is 0 Å². The molecule has 0 aliphatic carbocycles. The fourth-order valence-corrected chi connectivity index (χ4v) is 0.604. The summed E-state index contributed by atoms with van der Waals surface area (Å²) in [4.78, 5) is 0. The second-order valence-electron chi connectivity index (χ2n) is 1.65. The van der Waals surface area contributed by atoms with E-state index in [1.165, 1.54) is 5.54 Å². The summed E-state index contributed by atoms with van der Waals surface area (Å²) in [6.45, 7) is 7.68. The van der Waals surface area contributed by atoms with Crippen molar-refractivity contribution >= 4 is 11.6 Å². The van der Waals surface area contributed by atoms with Crippen LogP contribution < -0.4 is 10.6 Å². The Bertz CT molecular complexity index is 50.6. The van der Waals surface area contributed by atoms with E-state index in [1.54, 1.807) is 0 Å². The number of halogens is 1. The van der Waals surface area contributed by atoms with Crippen molar-refractivity contribution in [3.05, 3.63) is 12.1 Å². The van der Waals surface area contributed by atoms with Gasteiger partial charge in [0.25, 0.3) is 0 Å². The highest BCUT2D eigenvalue weighted by Crippen LogP contribution is 1.65. The number of nitrogens with one attached hydrogen (secondary N) is 2. The molecule has 1 rings (SSSR count). The molecule has 1 heterocycles. The summed E-state index contributed by atoms with van der Waals surface area (Å²) in [6.07, 6.45) is 0. The molecule has 0 spiro atoms. The molecule has 1 aliphatic rings. The molecular formula is C6H13ClN2. The van der Waals surface area contributed by atoms with Crippen molar-refractivity contribution in [1.82, 2.24) is 10.6 Å². The van der Waals surface area contributed by atoms with Gasteiger partial charge >= 0.3 is 0 Å². The summed E-state index contributed by atoms with van der Waals surface area (Å²) in [7, 11) is 0. The Kier molecular flexibility index (Phi) is 7.91. The maximum absolute atomic E-state index is 4.76. The van der Waals surface area contributed by atoms with Crippen LogP contribution in [0.25, 0.3) is 0 Å². The highest BCUT2D eigenvalue weighted by atomic mass is 35.5. The second kappa shape index (κ2) is 7.95. The molecule has 1 fully saturated rings. The molecular weight excluding hydrogens is 136 g/mol. The van der Waals surface area contributed by atoms with Crippen LogP contribution >= 0.6 is 11.6 Å². The van der Waals surface area contributed by atoms with E-state index in [0.29, 0.717) is 0 Å². The van der Waals surface area contributed by atoms with Crippen LogP contribution in [-0.2, 0) is 0 Å². The van der Waals surface area contributed by atoms with E-state index in [1.807, 2.05) is 0 Å². The van der Waals surface area contributed by atoms with Gasteiger partial charge in [0.05, 0.1) is 0 Å². The van der Waals surface area contributed by atoms with Crippen molar-refractivity contribution in [3.63, 3.8) is 0 Å². The number of piperazine rings is 1. The first-order valence-electron chi connectivity index (χ1n) is 3.04. The molecule has 9 heavy (non-hydrogen) atoms. The summed E-state index contributed by atoms with van der Waals surface area (Å²) in [5.41, 5.74) is 1.22. The van der Waals surface area contributed by atoms with Gasteiger partial charge in [0.1, 0.15) is 0 Å². The smallest absolute Gasteiger partial charge is 0.00772 e. The van der Waals surface area contributed by atoms with Gasteiger partial charge in [-0.3, -0.25) is 0 Å². The standard InChI is InChI=1S/C4H10N2.C2H3Cl/c1-2-6-4-3-5-1;1-2-3/h5-6H,1-4H2;2H,1H2. The molecule has 0 amide bonds. The molecule has 0 atom stereocenters. The molecule has 54 valence electrons. The van der Waals surface area contributed by atoms with Gasteiger partial charge in [0, 0.05) is 26.2 Å². The maximum Gasteiger partial charge on any atom is 0.00772 e. The van der Waals surface area contributed by atoms with Gasteiger partial charge in [-0.1, -0.05) is 18.2 Å². The molecule has 3 heteroatoms. The summed E-state index contributed by atoms with van der Waals surface area (Å²) in [5, 5.41) is 6.44. The number of rotatable bonds is 0. The van der Waals surface area contributed by atoms with E-state index < -0.39 is 0 Å². The zero-order valence-electron chi connectivity index (χ0n) is 5.49. The van der Waals surface area contributed by atoms with Gasteiger partial charge in [0.2, 0.25) is 0 Å². The molecule has 0 aromatic heterocycles. The Balaban J connectivity index is 0.000000187. The number of hydrogen-bond donors (Lipinski definition) is 2. The molecule has 0 unspecified atom stereocenters. The summed E-state index contributed by atoms with van der Waals surface area (Å²) < 4.78 is 0. The third kappa shape index (κ3) is 7.95. The molecule has 1 saturated heterocycles. The van der Waals surface area contributed by atoms with Gasteiger partial charge in [0.15, 0.2) is 0 Å². The fraction of sp³-hybridized carbons (Fsp3) is 0.667. The van der Waals surface area contributed by atoms with Crippen LogP contribution in [0, 0.1) is 0 Å². The van der Waals surface area contributed by atoms with Crippen molar-refractivity contribution < 1.29 is 0 Å². The SMILES string of the molecule is C1CNCCN1.C=CCl. The van der Waals surface area contributed by atoms with Crippen LogP contribution in [0.3, 0.4) is 0 Å². The lowest BCUT2D eigenvalue weighted by Gasteiger charge is -2.11. The van der Waals surface area contributed by atoms with E-state index in [4.69, 9.17) is 11.6 Å². The monoisotopic (exact) mass is 148 g/mol. The minimum Gasteiger partial charge on any atom is -0.314 e. The Labute approximate surface area is 61.3 Å². The van der Waals surface area contributed by atoms with E-state index in [-0.39, 0.29) is 0 Å². The Hall–Kier alpha value is -0.0500. The fourth-order valence-electron chi connectivity index (χ4n) is 0.604. The molecule has 0 radical (unpaired) electrons. The summed E-state index contributed by atoms with van der Waals surface area (Å²) in [5.74, 6) is 0. The molecule has 2 N–H and O–H groups in total. The highest BCUT2D eigenvalue weighted by molar-refractivity contribution is 6.25. The summed E-state index contributed by atoms with van der Waals surface area (Å²) >= 11 is 4.76. The quantitative estimate of drug-likeness (QED) is 0.524. The second-order valence-corrected chi connectivity index (χ2v) is 1.96. The van der Waals surface area contributed by atoms with Crippen LogP contribution in [0.5, 0.6) is 0 Å². The molecule has 0 aromatic carbocycles. The molecule has 1 aliphatic heterocycles. The topological polar surface area (TPSA) is 24.1 Å². The van der Waals surface area contributed by atoms with Crippen LogP contribution in [0.4, 0.5) is 0 Å². The lowest BCUT2D eigenvalue weighted by atomic mass is 10.4. The number of hydrogen-bond acceptors (Lipinski definition) is 2. The maximum atomic E-state index is 4.76. The highest BCUT2D eigenvalue weighted by Gasteiger charge is 1.91. The normalized spacial score (nSPS) is 17.4. The van der Waals surface area contributed by atoms with Gasteiger partial charge in [-0.2, -0.15) is 0 Å². The zero-order chi connectivity index (χ0) is 6.95. The van der Waals surface area contributed by atoms with E-state index in [2.05, 4.69) is 17.2 Å². The molecule has 0 saturated carbocycles. The molecule has 0 aromatic rings. The third-order valence-electron chi connectivity index (χ3n) is 0.957. The van der Waals surface area contributed by atoms with Crippen molar-refractivity contribution in [3.8, 4) is 0 Å². The van der Waals surface area contributed by atoms with Crippen LogP contribution in [0.2, 0.25) is 0 Å². The van der Waals surface area contributed by atoms with Crippen molar-refractivity contribution in [2.75, 3.05) is 26.2 Å². The summed E-state index contributed by atoms with van der Waals surface area (Å²) in [6, 6.07) is 0. The van der Waals surface area contributed by atoms with E-state index in [9.17, 15) is 0 Å². The largest absolute Gasteiger partial charge is 0.314 e. The average Bonchev–Trinajstić information content (AvgIpc) is 1.93.